The number of allylic oxidation sites excluding steroid dienone is 1. The molecule has 15 heavy (non-hydrogen) atoms. The SMILES string of the molecule is [Br-].[C]=O.[C]=O.[Ru+][CH]1C=Cc2ccccc21. The van der Waals surface area contributed by atoms with Crippen molar-refractivity contribution in [2.24, 2.45) is 0 Å². The zero-order valence-corrected chi connectivity index (χ0v) is 10.9. The van der Waals surface area contributed by atoms with Crippen LogP contribution in [0.5, 0.6) is 0 Å². The van der Waals surface area contributed by atoms with E-state index in [1.807, 2.05) is 0 Å². The number of carbonyl (C=O) groups excluding carboxylic acids is 2. The van der Waals surface area contributed by atoms with E-state index in [1.165, 1.54) is 11.1 Å². The van der Waals surface area contributed by atoms with Crippen molar-refractivity contribution in [2.75, 3.05) is 0 Å². The van der Waals surface area contributed by atoms with Gasteiger partial charge in [-0.3, -0.25) is 9.59 Å². The summed E-state index contributed by atoms with van der Waals surface area (Å²) in [6, 6.07) is 8.49. The van der Waals surface area contributed by atoms with Gasteiger partial charge in [0.2, 0.25) is 0 Å². The molecule has 0 bridgehead atoms. The molecule has 0 amide bonds. The second-order valence-electron chi connectivity index (χ2n) is 2.37. The maximum atomic E-state index is 7.50. The molecule has 1 atom stereocenters. The van der Waals surface area contributed by atoms with Gasteiger partial charge in [0.15, 0.2) is 0 Å². The van der Waals surface area contributed by atoms with Gasteiger partial charge in [0.1, 0.15) is 0 Å². The van der Waals surface area contributed by atoms with E-state index in [4.69, 9.17) is 9.59 Å². The van der Waals surface area contributed by atoms with Crippen molar-refractivity contribution in [1.82, 2.24) is 0 Å². The normalized spacial score (nSPS) is 14.6. The van der Waals surface area contributed by atoms with E-state index in [-0.39, 0.29) is 17.0 Å². The van der Waals surface area contributed by atoms with Crippen molar-refractivity contribution in [3.05, 3.63) is 41.5 Å². The van der Waals surface area contributed by atoms with Crippen LogP contribution in [0.4, 0.5) is 0 Å². The molecule has 1 aromatic rings. The van der Waals surface area contributed by atoms with Crippen LogP contribution >= 0.6 is 0 Å². The summed E-state index contributed by atoms with van der Waals surface area (Å²) < 4.78 is 0.551. The average Bonchev–Trinajstić information content (AvgIpc) is 2.67. The molecule has 4 radical (unpaired) electrons. The first-order chi connectivity index (χ1) is 6.88. The molecule has 1 unspecified atom stereocenters. The van der Waals surface area contributed by atoms with Crippen molar-refractivity contribution in [1.29, 1.82) is 0 Å². The van der Waals surface area contributed by atoms with Crippen LogP contribution in [0.3, 0.4) is 0 Å². The van der Waals surface area contributed by atoms with Gasteiger partial charge in [0.05, 0.1) is 0 Å². The Morgan fingerprint density at radius 2 is 1.60 bits per heavy atom. The first-order valence-electron chi connectivity index (χ1n) is 3.68. The van der Waals surface area contributed by atoms with Crippen molar-refractivity contribution < 1.29 is 44.9 Å². The number of fused-ring (bicyclic) bond motifs is 1. The van der Waals surface area contributed by atoms with Crippen molar-refractivity contribution >= 4 is 19.7 Å². The van der Waals surface area contributed by atoms with E-state index in [2.05, 4.69) is 68.3 Å². The molecule has 4 heteroatoms. The van der Waals surface area contributed by atoms with Crippen molar-refractivity contribution in [2.45, 2.75) is 4.51 Å². The molecule has 0 fully saturated rings. The van der Waals surface area contributed by atoms with Gasteiger partial charge < -0.3 is 17.0 Å². The Balaban J connectivity index is 0. The van der Waals surface area contributed by atoms with Crippen LogP contribution in [-0.2, 0) is 27.9 Å². The van der Waals surface area contributed by atoms with Gasteiger partial charge in [0.25, 0.3) is 13.6 Å². The minimum atomic E-state index is 0. The second-order valence-corrected chi connectivity index (χ2v) is 3.46. The number of hydrogen-bond acceptors (Lipinski definition) is 2. The van der Waals surface area contributed by atoms with E-state index in [1.54, 1.807) is 0 Å². The standard InChI is InChI=1S/C9H7.2CO.BrH.Ru/c1-2-5-9-7-3-6-8(9)4-1;2*1-2;;/h1-7H;;;1H;/q;;;;+1/p-1. The van der Waals surface area contributed by atoms with Gasteiger partial charge in [-0.05, 0) is 0 Å². The van der Waals surface area contributed by atoms with Crippen LogP contribution in [0.25, 0.3) is 6.08 Å². The summed E-state index contributed by atoms with van der Waals surface area (Å²) in [6.45, 7) is 9.00. The third-order valence-electron chi connectivity index (χ3n) is 1.73. The number of rotatable bonds is 0. The third kappa shape index (κ3) is 4.63. The van der Waals surface area contributed by atoms with E-state index in [0.717, 1.165) is 0 Å². The topological polar surface area (TPSA) is 34.1 Å². The predicted octanol–water partition coefficient (Wildman–Crippen LogP) is -1.49. The zero-order chi connectivity index (χ0) is 11.0. The molecule has 0 saturated heterocycles. The van der Waals surface area contributed by atoms with Gasteiger partial charge in [0, 0.05) is 0 Å². The van der Waals surface area contributed by atoms with E-state index < -0.39 is 0 Å². The Kier molecular flexibility index (Phi) is 11.1. The summed E-state index contributed by atoms with van der Waals surface area (Å²) in [4.78, 5) is 15.0. The summed E-state index contributed by atoms with van der Waals surface area (Å²) in [5.41, 5.74) is 2.80. The van der Waals surface area contributed by atoms with Crippen LogP contribution in [-0.4, -0.2) is 13.6 Å². The molecule has 2 nitrogen and oxygen atoms in total. The molecule has 0 aliphatic heterocycles. The molecule has 0 heterocycles. The Morgan fingerprint density at radius 3 is 2.13 bits per heavy atom. The zero-order valence-electron chi connectivity index (χ0n) is 7.59. The Hall–Kier alpha value is -0.597. The molecular weight excluding hydrogens is 345 g/mol. The fourth-order valence-corrected chi connectivity index (χ4v) is 1.82. The molecule has 0 aromatic heterocycles. The molecule has 78 valence electrons. The Labute approximate surface area is 110 Å². The van der Waals surface area contributed by atoms with Crippen molar-refractivity contribution in [3.63, 3.8) is 0 Å². The first-order valence-corrected chi connectivity index (χ1v) is 4.69. The Bertz CT molecular complexity index is 313. The van der Waals surface area contributed by atoms with Crippen LogP contribution in [0.2, 0.25) is 0 Å². The van der Waals surface area contributed by atoms with Gasteiger partial charge >= 0.3 is 70.4 Å². The molecule has 0 saturated carbocycles. The summed E-state index contributed by atoms with van der Waals surface area (Å²) >= 11 is 2.72. The number of hydrogen-bond donors (Lipinski definition) is 0. The fraction of sp³-hybridized carbons (Fsp3) is 0.0909. The number of benzene rings is 1. The monoisotopic (exact) mass is 352 g/mol. The maximum absolute atomic E-state index is 7.50. The van der Waals surface area contributed by atoms with Gasteiger partial charge in [-0.1, -0.05) is 0 Å². The molecule has 2 rings (SSSR count). The molecular formula is C11H7BrO2Ru. The van der Waals surface area contributed by atoms with Gasteiger partial charge in [-0.15, -0.1) is 0 Å². The van der Waals surface area contributed by atoms with Crippen molar-refractivity contribution in [3.8, 4) is 0 Å². The summed E-state index contributed by atoms with van der Waals surface area (Å²) in [5.74, 6) is 0. The molecule has 1 aromatic carbocycles. The summed E-state index contributed by atoms with van der Waals surface area (Å²) in [6.07, 6.45) is 4.39. The van der Waals surface area contributed by atoms with Crippen LogP contribution < -0.4 is 17.0 Å². The van der Waals surface area contributed by atoms with Gasteiger partial charge in [-0.25, -0.2) is 0 Å². The van der Waals surface area contributed by atoms with E-state index >= 15 is 0 Å². The molecule has 0 N–H and O–H groups in total. The third-order valence-corrected chi connectivity index (χ3v) is 2.60. The average molecular weight is 352 g/mol. The quantitative estimate of drug-likeness (QED) is 0.534. The van der Waals surface area contributed by atoms with Crippen LogP contribution in [0.1, 0.15) is 15.6 Å². The molecule has 0 spiro atoms. The molecule has 1 aliphatic carbocycles. The minimum absolute atomic E-state index is 0. The molecule has 1 aliphatic rings. The van der Waals surface area contributed by atoms with Crippen LogP contribution in [0.15, 0.2) is 30.3 Å². The van der Waals surface area contributed by atoms with E-state index in [9.17, 15) is 0 Å². The number of halogens is 1. The Morgan fingerprint density at radius 1 is 1.07 bits per heavy atom. The fourth-order valence-electron chi connectivity index (χ4n) is 1.20. The predicted molar refractivity (Wildman–Crippen MR) is 49.6 cm³/mol. The van der Waals surface area contributed by atoms with E-state index in [0.29, 0.717) is 4.51 Å². The summed E-state index contributed by atoms with van der Waals surface area (Å²) in [5, 5.41) is 0. The second kappa shape index (κ2) is 9.94. The summed E-state index contributed by atoms with van der Waals surface area (Å²) in [7, 11) is 0. The van der Waals surface area contributed by atoms with Crippen LogP contribution in [0, 0.1) is 0 Å². The van der Waals surface area contributed by atoms with Gasteiger partial charge in [-0.2, -0.15) is 0 Å². The first kappa shape index (κ1) is 16.8.